The Balaban J connectivity index is 2.93. The van der Waals surface area contributed by atoms with Crippen molar-refractivity contribution in [3.63, 3.8) is 0 Å². The summed E-state index contributed by atoms with van der Waals surface area (Å²) < 4.78 is 0. The summed E-state index contributed by atoms with van der Waals surface area (Å²) in [5.41, 5.74) is -1.55. The molecule has 0 unspecified atom stereocenters. The van der Waals surface area contributed by atoms with E-state index in [2.05, 4.69) is 20.8 Å². The topological polar surface area (TPSA) is 104 Å². The highest BCUT2D eigenvalue weighted by Gasteiger charge is 2.43. The highest BCUT2D eigenvalue weighted by molar-refractivity contribution is 5.91. The minimum absolute atomic E-state index is 0.202. The van der Waals surface area contributed by atoms with Gasteiger partial charge in [-0.2, -0.15) is 0 Å². The molecular formula is C13H20N4O3. The molecule has 1 aromatic heterocycles. The fraction of sp³-hybridized carbons (Fsp3) is 0.538. The number of carboxylic acids is 1. The van der Waals surface area contributed by atoms with Gasteiger partial charge >= 0.3 is 5.97 Å². The predicted octanol–water partition coefficient (Wildman–Crippen LogP) is 1.14. The third-order valence-electron chi connectivity index (χ3n) is 3.66. The van der Waals surface area contributed by atoms with E-state index in [1.54, 1.807) is 33.8 Å². The molecule has 1 rings (SSSR count). The van der Waals surface area contributed by atoms with Gasteiger partial charge in [0.05, 0.1) is 5.41 Å². The van der Waals surface area contributed by atoms with Gasteiger partial charge in [0, 0.05) is 12.6 Å². The molecule has 3 N–H and O–H groups in total. The van der Waals surface area contributed by atoms with E-state index in [-0.39, 0.29) is 11.6 Å². The van der Waals surface area contributed by atoms with Crippen LogP contribution < -0.4 is 10.6 Å². The van der Waals surface area contributed by atoms with E-state index in [0.717, 1.165) is 0 Å². The summed E-state index contributed by atoms with van der Waals surface area (Å²) in [4.78, 5) is 22.7. The van der Waals surface area contributed by atoms with Gasteiger partial charge in [0.25, 0.3) is 5.91 Å². The summed E-state index contributed by atoms with van der Waals surface area (Å²) in [6, 6.07) is 3.12. The van der Waals surface area contributed by atoms with Crippen LogP contribution in [0.1, 0.15) is 38.2 Å². The van der Waals surface area contributed by atoms with Crippen LogP contribution in [0.25, 0.3) is 0 Å². The lowest BCUT2D eigenvalue weighted by molar-refractivity contribution is -0.149. The lowest BCUT2D eigenvalue weighted by Gasteiger charge is -2.39. The van der Waals surface area contributed by atoms with Crippen LogP contribution in [0.3, 0.4) is 0 Å². The molecule has 0 saturated carbocycles. The van der Waals surface area contributed by atoms with E-state index in [1.807, 2.05) is 0 Å². The SMILES string of the molecule is CNC(=O)c1ccc(NC(C)(C)C(C)(C)C(=O)O)nn1. The monoisotopic (exact) mass is 280 g/mol. The van der Waals surface area contributed by atoms with Crippen LogP contribution in [0.5, 0.6) is 0 Å². The Morgan fingerprint density at radius 1 is 1.15 bits per heavy atom. The number of carbonyl (C=O) groups is 2. The number of aliphatic carboxylic acids is 1. The van der Waals surface area contributed by atoms with Crippen LogP contribution in [0.15, 0.2) is 12.1 Å². The molecule has 0 radical (unpaired) electrons. The molecule has 0 saturated heterocycles. The zero-order valence-corrected chi connectivity index (χ0v) is 12.3. The molecule has 7 heteroatoms. The lowest BCUT2D eigenvalue weighted by atomic mass is 9.74. The minimum Gasteiger partial charge on any atom is -0.481 e. The number of aromatic nitrogens is 2. The van der Waals surface area contributed by atoms with Gasteiger partial charge in [0.2, 0.25) is 0 Å². The second-order valence-electron chi connectivity index (χ2n) is 5.56. The minimum atomic E-state index is -1.01. The molecule has 0 aliphatic heterocycles. The predicted molar refractivity (Wildman–Crippen MR) is 74.5 cm³/mol. The Morgan fingerprint density at radius 3 is 2.15 bits per heavy atom. The van der Waals surface area contributed by atoms with Gasteiger partial charge in [-0.15, -0.1) is 10.2 Å². The van der Waals surface area contributed by atoms with Gasteiger partial charge in [-0.25, -0.2) is 0 Å². The average molecular weight is 280 g/mol. The molecular weight excluding hydrogens is 260 g/mol. The first-order chi connectivity index (χ1) is 9.11. The summed E-state index contributed by atoms with van der Waals surface area (Å²) in [7, 11) is 1.51. The summed E-state index contributed by atoms with van der Waals surface area (Å²) in [5, 5.41) is 22.4. The van der Waals surface area contributed by atoms with Crippen LogP contribution in [0, 0.1) is 5.41 Å². The van der Waals surface area contributed by atoms with Crippen molar-refractivity contribution < 1.29 is 14.7 Å². The summed E-state index contributed by atoms with van der Waals surface area (Å²) in [5.74, 6) is -0.823. The number of hydrogen-bond donors (Lipinski definition) is 3. The van der Waals surface area contributed by atoms with E-state index in [0.29, 0.717) is 5.82 Å². The van der Waals surface area contributed by atoms with Crippen molar-refractivity contribution in [2.45, 2.75) is 33.2 Å². The van der Waals surface area contributed by atoms with Crippen molar-refractivity contribution in [2.75, 3.05) is 12.4 Å². The highest BCUT2D eigenvalue weighted by Crippen LogP contribution is 2.33. The van der Waals surface area contributed by atoms with Gasteiger partial charge in [0.1, 0.15) is 5.82 Å². The Bertz CT molecular complexity index is 509. The molecule has 0 atom stereocenters. The fourth-order valence-electron chi connectivity index (χ4n) is 1.39. The first-order valence-corrected chi connectivity index (χ1v) is 6.19. The largest absolute Gasteiger partial charge is 0.481 e. The zero-order valence-electron chi connectivity index (χ0n) is 12.3. The maximum atomic E-state index is 11.3. The molecule has 0 bridgehead atoms. The Labute approximate surface area is 117 Å². The van der Waals surface area contributed by atoms with Crippen LogP contribution in [-0.4, -0.2) is 39.8 Å². The van der Waals surface area contributed by atoms with Crippen molar-refractivity contribution in [2.24, 2.45) is 5.41 Å². The summed E-state index contributed by atoms with van der Waals surface area (Å²) in [6.45, 7) is 6.81. The van der Waals surface area contributed by atoms with Gasteiger partial charge in [-0.05, 0) is 39.8 Å². The second kappa shape index (κ2) is 5.44. The number of nitrogens with zero attached hydrogens (tertiary/aromatic N) is 2. The second-order valence-corrected chi connectivity index (χ2v) is 5.56. The first-order valence-electron chi connectivity index (χ1n) is 6.19. The smallest absolute Gasteiger partial charge is 0.311 e. The van der Waals surface area contributed by atoms with E-state index in [9.17, 15) is 14.7 Å². The zero-order chi connectivity index (χ0) is 15.6. The van der Waals surface area contributed by atoms with Gasteiger partial charge < -0.3 is 15.7 Å². The standard InChI is InChI=1S/C13H20N4O3/c1-12(2,11(19)20)13(3,4)15-9-7-6-8(16-17-9)10(18)14-5/h6-7H,1-5H3,(H,14,18)(H,15,17)(H,19,20). The van der Waals surface area contributed by atoms with Crippen molar-refractivity contribution in [1.29, 1.82) is 0 Å². The number of anilines is 1. The molecule has 20 heavy (non-hydrogen) atoms. The number of carboxylic acid groups (broad SMARTS) is 1. The van der Waals surface area contributed by atoms with Crippen molar-refractivity contribution in [3.8, 4) is 0 Å². The number of rotatable bonds is 5. The molecule has 0 aliphatic rings. The number of nitrogens with one attached hydrogen (secondary N) is 2. The Morgan fingerprint density at radius 2 is 1.75 bits per heavy atom. The van der Waals surface area contributed by atoms with Crippen LogP contribution in [0.4, 0.5) is 5.82 Å². The van der Waals surface area contributed by atoms with E-state index >= 15 is 0 Å². The molecule has 1 aromatic rings. The molecule has 0 aromatic carbocycles. The average Bonchev–Trinajstić information content (AvgIpc) is 2.37. The maximum absolute atomic E-state index is 11.3. The fourth-order valence-corrected chi connectivity index (χ4v) is 1.39. The number of carbonyl (C=O) groups excluding carboxylic acids is 1. The van der Waals surface area contributed by atoms with E-state index in [1.165, 1.54) is 13.1 Å². The molecule has 0 fully saturated rings. The molecule has 1 heterocycles. The maximum Gasteiger partial charge on any atom is 0.311 e. The van der Waals surface area contributed by atoms with Crippen LogP contribution in [-0.2, 0) is 4.79 Å². The first kappa shape index (κ1) is 15.9. The molecule has 1 amide bonds. The molecule has 0 spiro atoms. The molecule has 110 valence electrons. The van der Waals surface area contributed by atoms with E-state index < -0.39 is 16.9 Å². The third-order valence-corrected chi connectivity index (χ3v) is 3.66. The van der Waals surface area contributed by atoms with Crippen molar-refractivity contribution >= 4 is 17.7 Å². The van der Waals surface area contributed by atoms with Crippen LogP contribution >= 0.6 is 0 Å². The van der Waals surface area contributed by atoms with Gasteiger partial charge in [0.15, 0.2) is 5.69 Å². The molecule has 7 nitrogen and oxygen atoms in total. The van der Waals surface area contributed by atoms with E-state index in [4.69, 9.17) is 0 Å². The number of hydrogen-bond acceptors (Lipinski definition) is 5. The Hall–Kier alpha value is -2.18. The third kappa shape index (κ3) is 3.04. The van der Waals surface area contributed by atoms with Crippen molar-refractivity contribution in [3.05, 3.63) is 17.8 Å². The van der Waals surface area contributed by atoms with Crippen molar-refractivity contribution in [1.82, 2.24) is 15.5 Å². The Kier molecular flexibility index (Phi) is 4.32. The summed E-state index contributed by atoms with van der Waals surface area (Å²) in [6.07, 6.45) is 0. The van der Waals surface area contributed by atoms with Crippen LogP contribution in [0.2, 0.25) is 0 Å². The highest BCUT2D eigenvalue weighted by atomic mass is 16.4. The quantitative estimate of drug-likeness (QED) is 0.747. The van der Waals surface area contributed by atoms with Gasteiger partial charge in [-0.3, -0.25) is 9.59 Å². The normalized spacial score (nSPS) is 11.8. The lowest BCUT2D eigenvalue weighted by Crippen LogP contribution is -2.50. The molecule has 0 aliphatic carbocycles. The summed E-state index contributed by atoms with van der Waals surface area (Å²) >= 11 is 0. The number of amides is 1. The van der Waals surface area contributed by atoms with Gasteiger partial charge in [-0.1, -0.05) is 0 Å².